The van der Waals surface area contributed by atoms with E-state index in [2.05, 4.69) is 4.98 Å². The molecule has 0 spiro atoms. The number of amides is 1. The molecule has 1 aliphatic heterocycles. The first-order chi connectivity index (χ1) is 20.4. The monoisotopic (exact) mass is 653 g/mol. The van der Waals surface area contributed by atoms with Gasteiger partial charge in [-0.05, 0) is 56.2 Å². The van der Waals surface area contributed by atoms with E-state index in [1.54, 1.807) is 25.7 Å². The summed E-state index contributed by atoms with van der Waals surface area (Å²) in [5, 5.41) is 8.59. The van der Waals surface area contributed by atoms with Crippen LogP contribution in [-0.2, 0) is 33.8 Å². The summed E-state index contributed by atoms with van der Waals surface area (Å²) in [4.78, 5) is 33.2. The number of fused-ring (bicyclic) bond motifs is 1. The Morgan fingerprint density at radius 2 is 1.77 bits per heavy atom. The standard InChI is InChI=1S/C29H31ClF3N5O5S/c1-5-44(41,42)23-7-6-18(14-34)12-19(23)15-38-17-35-25-20(26(38)39)13-22(29(31,32)33)21(24(25)30)16-36-8-10-37(11-9-36)27(40)43-28(2,3)4/h6-7,12-13,17H,5,8-11,15-16H2,1-4H3. The molecule has 0 saturated carbocycles. The van der Waals surface area contributed by atoms with E-state index in [4.69, 9.17) is 16.3 Å². The van der Waals surface area contributed by atoms with Crippen LogP contribution in [0.15, 0.2) is 40.3 Å². The van der Waals surface area contributed by atoms with Crippen molar-refractivity contribution in [2.24, 2.45) is 0 Å². The molecule has 0 aliphatic carbocycles. The van der Waals surface area contributed by atoms with Gasteiger partial charge in [0.05, 0.1) is 56.6 Å². The summed E-state index contributed by atoms with van der Waals surface area (Å²) >= 11 is 6.51. The van der Waals surface area contributed by atoms with E-state index in [1.807, 2.05) is 6.07 Å². The van der Waals surface area contributed by atoms with Gasteiger partial charge >= 0.3 is 12.3 Å². The van der Waals surface area contributed by atoms with Crippen molar-refractivity contribution in [1.82, 2.24) is 19.4 Å². The van der Waals surface area contributed by atoms with Gasteiger partial charge in [-0.1, -0.05) is 18.5 Å². The Morgan fingerprint density at radius 1 is 1.11 bits per heavy atom. The van der Waals surface area contributed by atoms with Crippen molar-refractivity contribution in [1.29, 1.82) is 5.26 Å². The van der Waals surface area contributed by atoms with E-state index in [0.29, 0.717) is 6.07 Å². The fourth-order valence-electron chi connectivity index (χ4n) is 4.88. The van der Waals surface area contributed by atoms with Crippen LogP contribution in [0.25, 0.3) is 10.9 Å². The molecule has 236 valence electrons. The molecule has 15 heteroatoms. The number of piperazine rings is 1. The van der Waals surface area contributed by atoms with Crippen LogP contribution in [0.3, 0.4) is 0 Å². The van der Waals surface area contributed by atoms with E-state index < -0.39 is 38.8 Å². The number of ether oxygens (including phenoxy) is 1. The van der Waals surface area contributed by atoms with Gasteiger partial charge in [-0.2, -0.15) is 18.4 Å². The van der Waals surface area contributed by atoms with Crippen molar-refractivity contribution < 1.29 is 31.1 Å². The molecule has 3 aromatic rings. The largest absolute Gasteiger partial charge is 0.444 e. The van der Waals surface area contributed by atoms with Crippen molar-refractivity contribution in [3.63, 3.8) is 0 Å². The lowest BCUT2D eigenvalue weighted by molar-refractivity contribution is -0.138. The fraction of sp³-hybridized carbons (Fsp3) is 0.448. The highest BCUT2D eigenvalue weighted by Crippen LogP contribution is 2.39. The quantitative estimate of drug-likeness (QED) is 0.370. The third-order valence-corrected chi connectivity index (χ3v) is 9.35. The fourth-order valence-corrected chi connectivity index (χ4v) is 6.30. The van der Waals surface area contributed by atoms with Crippen LogP contribution in [0.2, 0.25) is 5.02 Å². The first-order valence-electron chi connectivity index (χ1n) is 13.7. The number of hydrogen-bond donors (Lipinski definition) is 0. The average Bonchev–Trinajstić information content (AvgIpc) is 2.94. The zero-order valence-corrected chi connectivity index (χ0v) is 26.1. The number of alkyl halides is 3. The lowest BCUT2D eigenvalue weighted by Gasteiger charge is -2.36. The summed E-state index contributed by atoms with van der Waals surface area (Å²) in [5.74, 6) is -0.236. The molecule has 4 rings (SSSR count). The van der Waals surface area contributed by atoms with Crippen molar-refractivity contribution in [2.45, 2.75) is 57.5 Å². The van der Waals surface area contributed by atoms with Gasteiger partial charge in [0.2, 0.25) is 0 Å². The normalized spacial score (nSPS) is 14.9. The van der Waals surface area contributed by atoms with Gasteiger partial charge < -0.3 is 9.64 Å². The summed E-state index contributed by atoms with van der Waals surface area (Å²) in [5.41, 5.74) is -2.75. The van der Waals surface area contributed by atoms with Crippen LogP contribution in [0.5, 0.6) is 0 Å². The summed E-state index contributed by atoms with van der Waals surface area (Å²) in [6.45, 7) is 7.14. The molecule has 0 radical (unpaired) electrons. The number of sulfone groups is 1. The molecule has 10 nitrogen and oxygen atoms in total. The van der Waals surface area contributed by atoms with Crippen LogP contribution in [0.1, 0.15) is 49.9 Å². The molecule has 1 aliphatic rings. The number of nitriles is 1. The lowest BCUT2D eigenvalue weighted by Crippen LogP contribution is -2.49. The Balaban J connectivity index is 1.70. The number of rotatable bonds is 6. The topological polar surface area (TPSA) is 126 Å². The molecule has 0 N–H and O–H groups in total. The van der Waals surface area contributed by atoms with Crippen molar-refractivity contribution >= 4 is 38.4 Å². The zero-order chi connectivity index (χ0) is 32.6. The minimum absolute atomic E-state index is 0.0953. The zero-order valence-electron chi connectivity index (χ0n) is 24.5. The molecule has 2 aromatic carbocycles. The van der Waals surface area contributed by atoms with Gasteiger partial charge in [0, 0.05) is 32.7 Å². The van der Waals surface area contributed by atoms with E-state index in [9.17, 15) is 36.4 Å². The van der Waals surface area contributed by atoms with Gasteiger partial charge in [0.15, 0.2) is 9.84 Å². The first kappa shape index (κ1) is 33.2. The predicted octanol–water partition coefficient (Wildman–Crippen LogP) is 4.83. The summed E-state index contributed by atoms with van der Waals surface area (Å²) in [6.07, 6.45) is -4.27. The Bertz CT molecular complexity index is 1810. The molecular formula is C29H31ClF3N5O5S. The molecule has 1 amide bonds. The van der Waals surface area contributed by atoms with Crippen molar-refractivity contribution in [3.8, 4) is 6.07 Å². The van der Waals surface area contributed by atoms with E-state index in [0.717, 1.165) is 10.9 Å². The highest BCUT2D eigenvalue weighted by atomic mass is 35.5. The number of carbonyl (C=O) groups excluding carboxylic acids is 1. The van der Waals surface area contributed by atoms with Gasteiger partial charge in [0.25, 0.3) is 5.56 Å². The van der Waals surface area contributed by atoms with Gasteiger partial charge in [-0.3, -0.25) is 14.3 Å². The maximum Gasteiger partial charge on any atom is 0.416 e. The Morgan fingerprint density at radius 3 is 2.34 bits per heavy atom. The molecule has 1 saturated heterocycles. The molecule has 0 bridgehead atoms. The average molecular weight is 654 g/mol. The second-order valence-corrected chi connectivity index (χ2v) is 14.0. The number of aromatic nitrogens is 2. The van der Waals surface area contributed by atoms with Crippen molar-refractivity contribution in [2.75, 3.05) is 31.9 Å². The molecule has 1 fully saturated rings. The second-order valence-electron chi connectivity index (χ2n) is 11.4. The van der Waals surface area contributed by atoms with Crippen LogP contribution in [0.4, 0.5) is 18.0 Å². The third-order valence-electron chi connectivity index (χ3n) is 7.12. The van der Waals surface area contributed by atoms with Crippen LogP contribution < -0.4 is 5.56 Å². The Hall–Kier alpha value is -3.67. The number of carbonyl (C=O) groups is 1. The maximum atomic E-state index is 14.3. The SMILES string of the molecule is CCS(=O)(=O)c1ccc(C#N)cc1Cn1cnc2c(Cl)c(CN3CCN(C(=O)OC(C)(C)C)CC3)c(C(F)(F)F)cc2c1=O. The number of halogens is 4. The first-order valence-corrected chi connectivity index (χ1v) is 15.7. The van der Waals surface area contributed by atoms with E-state index >= 15 is 0 Å². The predicted molar refractivity (Wildman–Crippen MR) is 157 cm³/mol. The van der Waals surface area contributed by atoms with Gasteiger partial charge in [-0.15, -0.1) is 0 Å². The number of benzene rings is 2. The molecule has 2 heterocycles. The summed E-state index contributed by atoms with van der Waals surface area (Å²) in [6, 6.07) is 6.55. The smallest absolute Gasteiger partial charge is 0.416 e. The third kappa shape index (κ3) is 7.17. The summed E-state index contributed by atoms with van der Waals surface area (Å²) < 4.78 is 74.7. The minimum atomic E-state index is -4.86. The minimum Gasteiger partial charge on any atom is -0.444 e. The van der Waals surface area contributed by atoms with Crippen LogP contribution in [0, 0.1) is 11.3 Å². The second kappa shape index (κ2) is 12.4. The number of nitrogens with zero attached hydrogens (tertiary/aromatic N) is 5. The maximum absolute atomic E-state index is 14.3. The molecule has 1 aromatic heterocycles. The number of hydrogen-bond acceptors (Lipinski definition) is 8. The van der Waals surface area contributed by atoms with Gasteiger partial charge in [-0.25, -0.2) is 18.2 Å². The molecule has 0 atom stereocenters. The summed E-state index contributed by atoms with van der Waals surface area (Å²) in [7, 11) is -3.75. The highest BCUT2D eigenvalue weighted by Gasteiger charge is 2.37. The molecule has 0 unspecified atom stereocenters. The Labute approximate surface area is 257 Å². The van der Waals surface area contributed by atoms with Gasteiger partial charge in [0.1, 0.15) is 5.60 Å². The Kier molecular flexibility index (Phi) is 9.35. The van der Waals surface area contributed by atoms with E-state index in [1.165, 1.54) is 30.0 Å². The lowest BCUT2D eigenvalue weighted by atomic mass is 10.0. The van der Waals surface area contributed by atoms with Crippen LogP contribution >= 0.6 is 11.6 Å². The highest BCUT2D eigenvalue weighted by molar-refractivity contribution is 7.91. The van der Waals surface area contributed by atoms with E-state index in [-0.39, 0.29) is 82.5 Å². The molecule has 44 heavy (non-hydrogen) atoms. The van der Waals surface area contributed by atoms with Crippen molar-refractivity contribution in [3.05, 3.63) is 68.2 Å². The molecular weight excluding hydrogens is 623 g/mol. The van der Waals surface area contributed by atoms with Crippen LogP contribution in [-0.4, -0.2) is 71.4 Å².